The van der Waals surface area contributed by atoms with Gasteiger partial charge in [-0.25, -0.2) is 0 Å². The van der Waals surface area contributed by atoms with E-state index in [1.807, 2.05) is 18.5 Å². The molecule has 1 saturated heterocycles. The molecule has 0 aliphatic carbocycles. The van der Waals surface area contributed by atoms with Gasteiger partial charge in [-0.3, -0.25) is 4.68 Å². The fourth-order valence-corrected chi connectivity index (χ4v) is 2.55. The molecule has 0 radical (unpaired) electrons. The maximum absolute atomic E-state index is 10.6. The monoisotopic (exact) mass is 238 g/mol. The molecule has 1 aliphatic rings. The van der Waals surface area contributed by atoms with Crippen molar-refractivity contribution in [3.63, 3.8) is 0 Å². The summed E-state index contributed by atoms with van der Waals surface area (Å²) in [4.78, 5) is 0. The molecule has 0 spiro atoms. The highest BCUT2D eigenvalue weighted by Gasteiger charge is 2.35. The fraction of sp³-hybridized carbons (Fsp3) is 0.769. The van der Waals surface area contributed by atoms with E-state index in [1.54, 1.807) is 0 Å². The van der Waals surface area contributed by atoms with E-state index in [2.05, 4.69) is 18.1 Å². The second kappa shape index (κ2) is 4.78. The molecule has 1 aliphatic heterocycles. The molecule has 2 unspecified atom stereocenters. The number of ether oxygens (including phenoxy) is 1. The molecule has 1 aromatic rings. The maximum atomic E-state index is 10.6. The Morgan fingerprint density at radius 3 is 3.00 bits per heavy atom. The van der Waals surface area contributed by atoms with Gasteiger partial charge in [0.05, 0.1) is 17.9 Å². The van der Waals surface area contributed by atoms with Gasteiger partial charge in [-0.15, -0.1) is 0 Å². The summed E-state index contributed by atoms with van der Waals surface area (Å²) in [7, 11) is 0. The Kier molecular flexibility index (Phi) is 3.54. The van der Waals surface area contributed by atoms with Gasteiger partial charge in [0.2, 0.25) is 0 Å². The first-order valence-corrected chi connectivity index (χ1v) is 6.36. The summed E-state index contributed by atoms with van der Waals surface area (Å²) in [5.41, 5.74) is 1.43. The van der Waals surface area contributed by atoms with Crippen LogP contribution in [0.4, 0.5) is 0 Å². The normalized spacial score (nSPS) is 23.9. The molecule has 0 amide bonds. The molecular formula is C13H22N2O2. The maximum Gasteiger partial charge on any atom is 0.0725 e. The zero-order valence-corrected chi connectivity index (χ0v) is 10.9. The van der Waals surface area contributed by atoms with Gasteiger partial charge in [-0.2, -0.15) is 5.10 Å². The Bertz CT molecular complexity index is 379. The zero-order valence-electron chi connectivity index (χ0n) is 10.9. The molecule has 0 saturated carbocycles. The van der Waals surface area contributed by atoms with Crippen LogP contribution in [0.3, 0.4) is 0 Å². The van der Waals surface area contributed by atoms with Crippen molar-refractivity contribution in [3.8, 4) is 0 Å². The Labute approximate surface area is 103 Å². The Morgan fingerprint density at radius 2 is 2.41 bits per heavy atom. The zero-order chi connectivity index (χ0) is 12.5. The van der Waals surface area contributed by atoms with Crippen molar-refractivity contribution in [2.24, 2.45) is 5.92 Å². The topological polar surface area (TPSA) is 47.3 Å². The fourth-order valence-electron chi connectivity index (χ4n) is 2.55. The third kappa shape index (κ3) is 2.69. The Balaban J connectivity index is 2.12. The van der Waals surface area contributed by atoms with Crippen LogP contribution < -0.4 is 0 Å². The van der Waals surface area contributed by atoms with Crippen molar-refractivity contribution in [1.82, 2.24) is 9.78 Å². The molecule has 1 N–H and O–H groups in total. The molecule has 1 fully saturated rings. The lowest BCUT2D eigenvalue weighted by Crippen LogP contribution is -2.38. The number of hydrogen-bond donors (Lipinski definition) is 1. The van der Waals surface area contributed by atoms with E-state index in [1.165, 1.54) is 0 Å². The molecule has 4 heteroatoms. The van der Waals surface area contributed by atoms with Crippen LogP contribution in [0.1, 0.15) is 31.7 Å². The largest absolute Gasteiger partial charge is 0.389 e. The first kappa shape index (κ1) is 12.6. The van der Waals surface area contributed by atoms with E-state index in [0.29, 0.717) is 13.0 Å². The first-order chi connectivity index (χ1) is 8.03. The van der Waals surface area contributed by atoms with Gasteiger partial charge in [-0.1, -0.05) is 0 Å². The highest BCUT2D eigenvalue weighted by Crippen LogP contribution is 2.29. The van der Waals surface area contributed by atoms with E-state index in [0.717, 1.165) is 31.0 Å². The van der Waals surface area contributed by atoms with Crippen molar-refractivity contribution < 1.29 is 9.84 Å². The molecule has 1 aromatic heterocycles. The van der Waals surface area contributed by atoms with Crippen LogP contribution in [0.2, 0.25) is 0 Å². The SMILES string of the molecule is CCn1nc(C)cc1CC(C)(O)C1CCOC1. The van der Waals surface area contributed by atoms with E-state index in [9.17, 15) is 5.11 Å². The van der Waals surface area contributed by atoms with Crippen molar-refractivity contribution in [1.29, 1.82) is 0 Å². The smallest absolute Gasteiger partial charge is 0.0725 e. The summed E-state index contributed by atoms with van der Waals surface area (Å²) >= 11 is 0. The van der Waals surface area contributed by atoms with Crippen molar-refractivity contribution in [3.05, 3.63) is 17.5 Å². The second-order valence-electron chi connectivity index (χ2n) is 5.19. The molecule has 2 atom stereocenters. The quantitative estimate of drug-likeness (QED) is 0.865. The van der Waals surface area contributed by atoms with E-state index in [-0.39, 0.29) is 5.92 Å². The molecule has 96 valence electrons. The average molecular weight is 238 g/mol. The minimum atomic E-state index is -0.699. The van der Waals surface area contributed by atoms with Gasteiger partial charge in [-0.05, 0) is 33.3 Å². The first-order valence-electron chi connectivity index (χ1n) is 6.36. The minimum Gasteiger partial charge on any atom is -0.389 e. The standard InChI is InChI=1S/C13H22N2O2/c1-4-15-12(7-10(2)14-15)8-13(3,16)11-5-6-17-9-11/h7,11,16H,4-6,8-9H2,1-3H3. The molecule has 17 heavy (non-hydrogen) atoms. The van der Waals surface area contributed by atoms with E-state index >= 15 is 0 Å². The molecule has 4 nitrogen and oxygen atoms in total. The lowest BCUT2D eigenvalue weighted by atomic mass is 9.84. The highest BCUT2D eigenvalue weighted by molar-refractivity contribution is 5.12. The summed E-state index contributed by atoms with van der Waals surface area (Å²) in [6.45, 7) is 8.26. The summed E-state index contributed by atoms with van der Waals surface area (Å²) in [5.74, 6) is 0.239. The number of aryl methyl sites for hydroxylation is 2. The van der Waals surface area contributed by atoms with Gasteiger partial charge < -0.3 is 9.84 Å². The van der Waals surface area contributed by atoms with Crippen LogP contribution in [-0.2, 0) is 17.7 Å². The predicted octanol–water partition coefficient (Wildman–Crippen LogP) is 1.54. The average Bonchev–Trinajstić information content (AvgIpc) is 2.86. The highest BCUT2D eigenvalue weighted by atomic mass is 16.5. The van der Waals surface area contributed by atoms with Gasteiger partial charge in [0.25, 0.3) is 0 Å². The predicted molar refractivity (Wildman–Crippen MR) is 65.9 cm³/mol. The molecule has 2 rings (SSSR count). The van der Waals surface area contributed by atoms with Gasteiger partial charge in [0.1, 0.15) is 0 Å². The minimum absolute atomic E-state index is 0.239. The molecule has 2 heterocycles. The number of aromatic nitrogens is 2. The third-order valence-corrected chi connectivity index (χ3v) is 3.63. The summed E-state index contributed by atoms with van der Waals surface area (Å²) in [6.07, 6.45) is 1.60. The summed E-state index contributed by atoms with van der Waals surface area (Å²) < 4.78 is 7.33. The Hall–Kier alpha value is -0.870. The number of aliphatic hydroxyl groups is 1. The number of hydrogen-bond acceptors (Lipinski definition) is 3. The van der Waals surface area contributed by atoms with Gasteiger partial charge >= 0.3 is 0 Å². The molecular weight excluding hydrogens is 216 g/mol. The van der Waals surface area contributed by atoms with Crippen LogP contribution in [0.15, 0.2) is 6.07 Å². The lowest BCUT2D eigenvalue weighted by Gasteiger charge is -2.29. The second-order valence-corrected chi connectivity index (χ2v) is 5.19. The Morgan fingerprint density at radius 1 is 1.65 bits per heavy atom. The van der Waals surface area contributed by atoms with Crippen LogP contribution in [-0.4, -0.2) is 33.7 Å². The lowest BCUT2D eigenvalue weighted by molar-refractivity contribution is -0.00610. The van der Waals surface area contributed by atoms with Crippen LogP contribution >= 0.6 is 0 Å². The van der Waals surface area contributed by atoms with Gasteiger partial charge in [0, 0.05) is 31.2 Å². The van der Waals surface area contributed by atoms with Crippen molar-refractivity contribution >= 4 is 0 Å². The summed E-state index contributed by atoms with van der Waals surface area (Å²) in [6, 6.07) is 2.06. The van der Waals surface area contributed by atoms with Gasteiger partial charge in [0.15, 0.2) is 0 Å². The van der Waals surface area contributed by atoms with Crippen molar-refractivity contribution in [2.45, 2.75) is 45.8 Å². The van der Waals surface area contributed by atoms with Crippen LogP contribution in [0.25, 0.3) is 0 Å². The van der Waals surface area contributed by atoms with Crippen LogP contribution in [0.5, 0.6) is 0 Å². The van der Waals surface area contributed by atoms with E-state index in [4.69, 9.17) is 4.74 Å². The number of nitrogens with zero attached hydrogens (tertiary/aromatic N) is 2. The van der Waals surface area contributed by atoms with Crippen LogP contribution in [0, 0.1) is 12.8 Å². The molecule has 0 aromatic carbocycles. The third-order valence-electron chi connectivity index (χ3n) is 3.63. The molecule has 0 bridgehead atoms. The van der Waals surface area contributed by atoms with E-state index < -0.39 is 5.60 Å². The van der Waals surface area contributed by atoms with Crippen molar-refractivity contribution in [2.75, 3.05) is 13.2 Å². The number of rotatable bonds is 4. The summed E-state index contributed by atoms with van der Waals surface area (Å²) in [5, 5.41) is 15.0.